The molecule has 114 valence electrons. The van der Waals surface area contributed by atoms with Gasteiger partial charge in [0.05, 0.1) is 0 Å². The van der Waals surface area contributed by atoms with E-state index in [0.29, 0.717) is 23.8 Å². The zero-order chi connectivity index (χ0) is 14.5. The highest BCUT2D eigenvalue weighted by molar-refractivity contribution is 5.51. The van der Waals surface area contributed by atoms with Crippen LogP contribution in [0.5, 0.6) is 6.08 Å². The minimum atomic E-state index is 0.247. The summed E-state index contributed by atoms with van der Waals surface area (Å²) in [5.74, 6) is 2.65. The van der Waals surface area contributed by atoms with Crippen molar-refractivity contribution in [3.05, 3.63) is 30.3 Å². The van der Waals surface area contributed by atoms with Crippen molar-refractivity contribution >= 4 is 0 Å². The smallest absolute Gasteiger partial charge is 0.415 e. The third-order valence-corrected chi connectivity index (χ3v) is 5.37. The Morgan fingerprint density at radius 2 is 1.77 bits per heavy atom. The molecule has 0 spiro atoms. The normalized spacial score (nSPS) is 35.7. The second kappa shape index (κ2) is 4.81. The number of nitrogens with zero attached hydrogens (tertiary/aromatic N) is 3. The van der Waals surface area contributed by atoms with Crippen LogP contribution in [0.4, 0.5) is 0 Å². The molecule has 4 fully saturated rings. The summed E-state index contributed by atoms with van der Waals surface area (Å²) in [4.78, 5) is 2.59. The quantitative estimate of drug-likeness (QED) is 0.871. The summed E-state index contributed by atoms with van der Waals surface area (Å²) in [6.45, 7) is 3.62. The van der Waals surface area contributed by atoms with Gasteiger partial charge >= 0.3 is 6.08 Å². The first-order valence-electron chi connectivity index (χ1n) is 8.13. The first kappa shape index (κ1) is 12.6. The van der Waals surface area contributed by atoms with Crippen molar-refractivity contribution in [2.24, 2.45) is 17.8 Å². The minimum Gasteiger partial charge on any atom is -0.445 e. The van der Waals surface area contributed by atoms with Gasteiger partial charge in [-0.15, -0.1) is 5.10 Å². The molecule has 0 N–H and O–H groups in total. The zero-order valence-corrected chi connectivity index (χ0v) is 12.4. The summed E-state index contributed by atoms with van der Waals surface area (Å²) in [5, 5.41) is 8.21. The number of hydrogen-bond donors (Lipinski definition) is 0. The maximum atomic E-state index is 6.13. The van der Waals surface area contributed by atoms with E-state index in [4.69, 9.17) is 9.15 Å². The van der Waals surface area contributed by atoms with Crippen molar-refractivity contribution in [2.75, 3.05) is 19.6 Å². The molecule has 22 heavy (non-hydrogen) atoms. The van der Waals surface area contributed by atoms with E-state index in [2.05, 4.69) is 15.1 Å². The van der Waals surface area contributed by atoms with E-state index in [0.717, 1.165) is 24.6 Å². The molecule has 1 aromatic heterocycles. The lowest BCUT2D eigenvalue weighted by Gasteiger charge is -2.54. The summed E-state index contributed by atoms with van der Waals surface area (Å²) in [6.07, 6.45) is 3.15. The van der Waals surface area contributed by atoms with Crippen LogP contribution in [-0.2, 0) is 0 Å². The Bertz CT molecular complexity index is 642. The molecule has 1 saturated carbocycles. The Kier molecular flexibility index (Phi) is 2.77. The molecule has 4 heterocycles. The topological polar surface area (TPSA) is 51.4 Å². The second-order valence-corrected chi connectivity index (χ2v) is 6.90. The number of aromatic nitrogens is 2. The van der Waals surface area contributed by atoms with Gasteiger partial charge in [0.1, 0.15) is 6.10 Å². The van der Waals surface area contributed by atoms with Crippen LogP contribution < -0.4 is 4.74 Å². The maximum absolute atomic E-state index is 6.13. The van der Waals surface area contributed by atoms with Crippen LogP contribution in [0, 0.1) is 17.8 Å². The van der Waals surface area contributed by atoms with Crippen LogP contribution in [-0.4, -0.2) is 40.8 Å². The van der Waals surface area contributed by atoms with Gasteiger partial charge in [-0.05, 0) is 30.9 Å². The van der Waals surface area contributed by atoms with Crippen molar-refractivity contribution in [1.82, 2.24) is 15.1 Å². The van der Waals surface area contributed by atoms with Gasteiger partial charge in [0.15, 0.2) is 0 Å². The molecule has 5 nitrogen and oxygen atoms in total. The first-order valence-corrected chi connectivity index (χ1v) is 8.13. The first-order chi connectivity index (χ1) is 10.8. The molecule has 5 heteroatoms. The van der Waals surface area contributed by atoms with Gasteiger partial charge in [0, 0.05) is 37.0 Å². The van der Waals surface area contributed by atoms with E-state index in [1.165, 1.54) is 19.4 Å². The lowest BCUT2D eigenvalue weighted by molar-refractivity contribution is -0.106. The van der Waals surface area contributed by atoms with Crippen molar-refractivity contribution in [2.45, 2.75) is 18.9 Å². The SMILES string of the molecule is c1ccc(-c2nnc(OC3[C@@H]4CC5C[C@@H]3CN(C5)C4)o2)cc1. The Labute approximate surface area is 129 Å². The van der Waals surface area contributed by atoms with Gasteiger partial charge < -0.3 is 14.1 Å². The Hall–Kier alpha value is -1.88. The molecule has 2 aromatic rings. The molecule has 4 aliphatic rings. The maximum Gasteiger partial charge on any atom is 0.415 e. The van der Waals surface area contributed by atoms with Crippen LogP contribution in [0.1, 0.15) is 12.8 Å². The third kappa shape index (κ3) is 2.03. The molecule has 0 unspecified atom stereocenters. The predicted molar refractivity (Wildman–Crippen MR) is 80.3 cm³/mol. The fraction of sp³-hybridized carbons (Fsp3) is 0.529. The van der Waals surface area contributed by atoms with Gasteiger partial charge in [-0.25, -0.2) is 0 Å². The molecule has 6 rings (SSSR count). The number of hydrogen-bond acceptors (Lipinski definition) is 5. The molecule has 3 aliphatic heterocycles. The highest BCUT2D eigenvalue weighted by Gasteiger charge is 2.49. The van der Waals surface area contributed by atoms with Crippen LogP contribution in [0.3, 0.4) is 0 Å². The lowest BCUT2D eigenvalue weighted by atomic mass is 9.66. The summed E-state index contributed by atoms with van der Waals surface area (Å²) < 4.78 is 11.8. The van der Waals surface area contributed by atoms with Gasteiger partial charge in [-0.3, -0.25) is 0 Å². The highest BCUT2D eigenvalue weighted by atomic mass is 16.6. The van der Waals surface area contributed by atoms with Crippen molar-refractivity contribution in [3.63, 3.8) is 0 Å². The predicted octanol–water partition coefficient (Wildman–Crippen LogP) is 2.46. The molecule has 1 aromatic carbocycles. The number of rotatable bonds is 3. The van der Waals surface area contributed by atoms with Crippen LogP contribution >= 0.6 is 0 Å². The van der Waals surface area contributed by atoms with E-state index < -0.39 is 0 Å². The molecular weight excluding hydrogens is 278 g/mol. The number of ether oxygens (including phenoxy) is 1. The van der Waals surface area contributed by atoms with Gasteiger partial charge in [-0.1, -0.05) is 23.3 Å². The molecule has 0 amide bonds. The monoisotopic (exact) mass is 297 g/mol. The molecule has 3 saturated heterocycles. The zero-order valence-electron chi connectivity index (χ0n) is 12.4. The molecule has 0 radical (unpaired) electrons. The van der Waals surface area contributed by atoms with E-state index in [-0.39, 0.29) is 6.10 Å². The Morgan fingerprint density at radius 3 is 2.50 bits per heavy atom. The highest BCUT2D eigenvalue weighted by Crippen LogP contribution is 2.44. The number of benzene rings is 1. The van der Waals surface area contributed by atoms with Gasteiger partial charge in [-0.2, -0.15) is 0 Å². The van der Waals surface area contributed by atoms with Crippen molar-refractivity contribution in [3.8, 4) is 17.5 Å². The average molecular weight is 297 g/mol. The van der Waals surface area contributed by atoms with Crippen LogP contribution in [0.2, 0.25) is 0 Å². The van der Waals surface area contributed by atoms with E-state index in [1.54, 1.807) is 0 Å². The molecule has 2 atom stereocenters. The minimum absolute atomic E-state index is 0.247. The third-order valence-electron chi connectivity index (χ3n) is 5.37. The largest absolute Gasteiger partial charge is 0.445 e. The van der Waals surface area contributed by atoms with E-state index >= 15 is 0 Å². The second-order valence-electron chi connectivity index (χ2n) is 6.90. The summed E-state index contributed by atoms with van der Waals surface area (Å²) in [5.41, 5.74) is 0.932. The fourth-order valence-corrected chi connectivity index (χ4v) is 4.63. The van der Waals surface area contributed by atoms with Gasteiger partial charge in [0.25, 0.3) is 5.89 Å². The van der Waals surface area contributed by atoms with Crippen LogP contribution in [0.25, 0.3) is 11.5 Å². The van der Waals surface area contributed by atoms with Crippen molar-refractivity contribution in [1.29, 1.82) is 0 Å². The lowest BCUT2D eigenvalue weighted by Crippen LogP contribution is -2.61. The van der Waals surface area contributed by atoms with Crippen LogP contribution in [0.15, 0.2) is 34.7 Å². The molecule has 1 aliphatic carbocycles. The summed E-state index contributed by atoms with van der Waals surface area (Å²) >= 11 is 0. The average Bonchev–Trinajstić information content (AvgIpc) is 3.00. The van der Waals surface area contributed by atoms with E-state index in [9.17, 15) is 0 Å². The number of piperidine rings is 3. The summed E-state index contributed by atoms with van der Waals surface area (Å²) in [6, 6.07) is 9.83. The summed E-state index contributed by atoms with van der Waals surface area (Å²) in [7, 11) is 0. The Balaban J connectivity index is 1.35. The fourth-order valence-electron chi connectivity index (χ4n) is 4.63. The molecular formula is C17H19N3O2. The molecule has 4 bridgehead atoms. The van der Waals surface area contributed by atoms with Crippen molar-refractivity contribution < 1.29 is 9.15 Å². The Morgan fingerprint density at radius 1 is 1.00 bits per heavy atom. The van der Waals surface area contributed by atoms with Gasteiger partial charge in [0.2, 0.25) is 0 Å². The van der Waals surface area contributed by atoms with E-state index in [1.807, 2.05) is 30.3 Å². The standard InChI is InChI=1S/C17H19N3O2/c1-2-4-12(5-3-1)16-18-19-17(22-16)21-15-13-6-11-7-14(15)10-20(8-11)9-13/h1-5,11,13-15H,6-10H2/t11?,13-,14-,15?/m1/s1.